The van der Waals surface area contributed by atoms with Crippen molar-refractivity contribution in [2.75, 3.05) is 6.61 Å². The zero-order valence-corrected chi connectivity index (χ0v) is 11.2. The second-order valence-electron chi connectivity index (χ2n) is 4.18. The summed E-state index contributed by atoms with van der Waals surface area (Å²) in [6, 6.07) is 8.56. The zero-order valence-electron chi connectivity index (χ0n) is 11.2. The van der Waals surface area contributed by atoms with Gasteiger partial charge in [0.05, 0.1) is 6.21 Å². The van der Waals surface area contributed by atoms with Gasteiger partial charge in [-0.05, 0) is 24.3 Å². The van der Waals surface area contributed by atoms with E-state index in [1.54, 1.807) is 6.07 Å². The molecule has 0 heterocycles. The zero-order chi connectivity index (χ0) is 15.9. The minimum absolute atomic E-state index is 0.0109. The number of para-hydroxylation sites is 1. The molecule has 0 aliphatic heterocycles. The Morgan fingerprint density at radius 2 is 1.91 bits per heavy atom. The molecule has 4 nitrogen and oxygen atoms in total. The van der Waals surface area contributed by atoms with E-state index in [9.17, 15) is 18.0 Å². The van der Waals surface area contributed by atoms with Crippen LogP contribution < -0.4 is 10.2 Å². The first-order valence-corrected chi connectivity index (χ1v) is 6.20. The van der Waals surface area contributed by atoms with Crippen LogP contribution in [0.3, 0.4) is 0 Å². The van der Waals surface area contributed by atoms with E-state index < -0.39 is 30.0 Å². The molecular formula is C15H11F3N2O2. The summed E-state index contributed by atoms with van der Waals surface area (Å²) >= 11 is 0. The maximum Gasteiger partial charge on any atom is 0.277 e. The number of nitrogens with one attached hydrogen (secondary N) is 1. The highest BCUT2D eigenvalue weighted by atomic mass is 19.1. The van der Waals surface area contributed by atoms with Gasteiger partial charge in [-0.25, -0.2) is 18.6 Å². The van der Waals surface area contributed by atoms with Crippen LogP contribution in [0.2, 0.25) is 0 Å². The molecule has 2 aromatic rings. The molecule has 0 aromatic heterocycles. The van der Waals surface area contributed by atoms with Gasteiger partial charge in [-0.1, -0.05) is 12.1 Å². The van der Waals surface area contributed by atoms with Gasteiger partial charge in [-0.15, -0.1) is 0 Å². The Balaban J connectivity index is 1.85. The van der Waals surface area contributed by atoms with Crippen molar-refractivity contribution in [3.05, 3.63) is 65.5 Å². The topological polar surface area (TPSA) is 50.7 Å². The molecular weight excluding hydrogens is 297 g/mol. The quantitative estimate of drug-likeness (QED) is 0.682. The molecule has 0 saturated carbocycles. The SMILES string of the molecule is O=C(COc1ccccc1F)N/N=C\c1ccc(F)cc1F. The van der Waals surface area contributed by atoms with E-state index in [1.807, 2.05) is 0 Å². The van der Waals surface area contributed by atoms with E-state index in [2.05, 4.69) is 10.5 Å². The third kappa shape index (κ3) is 4.34. The van der Waals surface area contributed by atoms with Crippen molar-refractivity contribution >= 4 is 12.1 Å². The summed E-state index contributed by atoms with van der Waals surface area (Å²) in [5, 5.41) is 3.51. The highest BCUT2D eigenvalue weighted by molar-refractivity contribution is 5.83. The van der Waals surface area contributed by atoms with Gasteiger partial charge in [0.25, 0.3) is 5.91 Å². The van der Waals surface area contributed by atoms with Crippen LogP contribution in [-0.4, -0.2) is 18.7 Å². The lowest BCUT2D eigenvalue weighted by atomic mass is 10.2. The molecule has 0 aliphatic rings. The Morgan fingerprint density at radius 3 is 2.64 bits per heavy atom. The molecule has 1 N–H and O–H groups in total. The number of carbonyl (C=O) groups is 1. The van der Waals surface area contributed by atoms with Crippen molar-refractivity contribution in [1.29, 1.82) is 0 Å². The molecule has 0 saturated heterocycles. The van der Waals surface area contributed by atoms with Crippen molar-refractivity contribution in [3.8, 4) is 5.75 Å². The number of amides is 1. The first kappa shape index (κ1) is 15.6. The summed E-state index contributed by atoms with van der Waals surface area (Å²) < 4.78 is 44.2. The predicted molar refractivity (Wildman–Crippen MR) is 74.0 cm³/mol. The molecule has 1 amide bonds. The minimum Gasteiger partial charge on any atom is -0.481 e. The summed E-state index contributed by atoms with van der Waals surface area (Å²) in [5.74, 6) is -2.82. The van der Waals surface area contributed by atoms with Crippen molar-refractivity contribution in [3.63, 3.8) is 0 Å². The molecule has 114 valence electrons. The van der Waals surface area contributed by atoms with Crippen molar-refractivity contribution in [1.82, 2.24) is 5.43 Å². The number of ether oxygens (including phenoxy) is 1. The smallest absolute Gasteiger partial charge is 0.277 e. The average Bonchev–Trinajstić information content (AvgIpc) is 2.49. The first-order valence-electron chi connectivity index (χ1n) is 6.20. The number of nitrogens with zero attached hydrogens (tertiary/aromatic N) is 1. The van der Waals surface area contributed by atoms with Crippen molar-refractivity contribution in [2.24, 2.45) is 5.10 Å². The number of benzene rings is 2. The fraction of sp³-hybridized carbons (Fsp3) is 0.0667. The van der Waals surface area contributed by atoms with E-state index >= 15 is 0 Å². The molecule has 22 heavy (non-hydrogen) atoms. The third-order valence-electron chi connectivity index (χ3n) is 2.55. The van der Waals surface area contributed by atoms with Gasteiger partial charge < -0.3 is 4.74 Å². The summed E-state index contributed by atoms with van der Waals surface area (Å²) in [7, 11) is 0. The van der Waals surface area contributed by atoms with E-state index in [4.69, 9.17) is 4.74 Å². The fourth-order valence-corrected chi connectivity index (χ4v) is 1.52. The monoisotopic (exact) mass is 308 g/mol. The number of halogens is 3. The number of rotatable bonds is 5. The van der Waals surface area contributed by atoms with E-state index in [0.29, 0.717) is 6.07 Å². The van der Waals surface area contributed by atoms with Crippen molar-refractivity contribution < 1.29 is 22.7 Å². The average molecular weight is 308 g/mol. The summed E-state index contributed by atoms with van der Waals surface area (Å²) in [6.45, 7) is -0.454. The molecule has 2 rings (SSSR count). The Hall–Kier alpha value is -2.83. The first-order chi connectivity index (χ1) is 10.6. The van der Waals surface area contributed by atoms with Crippen LogP contribution in [0.1, 0.15) is 5.56 Å². The predicted octanol–water partition coefficient (Wildman–Crippen LogP) is 2.63. The molecule has 2 aromatic carbocycles. The summed E-state index contributed by atoms with van der Waals surface area (Å²) in [5.41, 5.74) is 2.10. The number of hydrogen-bond acceptors (Lipinski definition) is 3. The lowest BCUT2D eigenvalue weighted by Crippen LogP contribution is -2.24. The van der Waals surface area contributed by atoms with Crippen LogP contribution in [-0.2, 0) is 4.79 Å². The molecule has 0 unspecified atom stereocenters. The maximum absolute atomic E-state index is 13.3. The molecule has 0 radical (unpaired) electrons. The lowest BCUT2D eigenvalue weighted by Gasteiger charge is -2.05. The van der Waals surface area contributed by atoms with Gasteiger partial charge >= 0.3 is 0 Å². The van der Waals surface area contributed by atoms with Gasteiger partial charge in [0.1, 0.15) is 11.6 Å². The van der Waals surface area contributed by atoms with Crippen molar-refractivity contribution in [2.45, 2.75) is 0 Å². The lowest BCUT2D eigenvalue weighted by molar-refractivity contribution is -0.123. The molecule has 0 atom stereocenters. The van der Waals surface area contributed by atoms with E-state index in [-0.39, 0.29) is 11.3 Å². The standard InChI is InChI=1S/C15H11F3N2O2/c16-11-6-5-10(13(18)7-11)8-19-20-15(21)9-22-14-4-2-1-3-12(14)17/h1-8H,9H2,(H,20,21)/b19-8-. The minimum atomic E-state index is -0.805. The normalized spacial score (nSPS) is 10.7. The summed E-state index contributed by atoms with van der Waals surface area (Å²) in [4.78, 5) is 11.4. The van der Waals surface area contributed by atoms with Gasteiger partial charge in [-0.3, -0.25) is 4.79 Å². The Kier molecular flexibility index (Phi) is 5.13. The van der Waals surface area contributed by atoms with Crippen LogP contribution in [0.15, 0.2) is 47.6 Å². The van der Waals surface area contributed by atoms with Gasteiger partial charge in [0, 0.05) is 11.6 Å². The van der Waals surface area contributed by atoms with Crippen LogP contribution in [0.5, 0.6) is 5.75 Å². The molecule has 0 aliphatic carbocycles. The van der Waals surface area contributed by atoms with Crippen LogP contribution in [0.25, 0.3) is 0 Å². The Bertz CT molecular complexity index is 705. The Labute approximate surface area is 124 Å². The van der Waals surface area contributed by atoms with Crippen LogP contribution in [0.4, 0.5) is 13.2 Å². The third-order valence-corrected chi connectivity index (χ3v) is 2.55. The van der Waals surface area contributed by atoms with E-state index in [1.165, 1.54) is 24.3 Å². The largest absolute Gasteiger partial charge is 0.481 e. The highest BCUT2D eigenvalue weighted by Crippen LogP contribution is 2.14. The number of hydrazone groups is 1. The van der Waals surface area contributed by atoms with Gasteiger partial charge in [-0.2, -0.15) is 5.10 Å². The summed E-state index contributed by atoms with van der Waals surface area (Å²) in [6.07, 6.45) is 1.02. The van der Waals surface area contributed by atoms with Gasteiger partial charge in [0.15, 0.2) is 18.2 Å². The van der Waals surface area contributed by atoms with Crippen LogP contribution >= 0.6 is 0 Å². The number of hydrogen-bond donors (Lipinski definition) is 1. The van der Waals surface area contributed by atoms with Gasteiger partial charge in [0.2, 0.25) is 0 Å². The fourth-order valence-electron chi connectivity index (χ4n) is 1.52. The second kappa shape index (κ2) is 7.26. The molecule has 0 fully saturated rings. The molecule has 0 spiro atoms. The molecule has 7 heteroatoms. The number of carbonyl (C=O) groups excluding carboxylic acids is 1. The van der Waals surface area contributed by atoms with E-state index in [0.717, 1.165) is 12.3 Å². The Morgan fingerprint density at radius 1 is 1.14 bits per heavy atom. The highest BCUT2D eigenvalue weighted by Gasteiger charge is 2.05. The maximum atomic E-state index is 13.3. The van der Waals surface area contributed by atoms with Crippen LogP contribution in [0, 0.1) is 17.5 Å². The molecule has 0 bridgehead atoms. The second-order valence-corrected chi connectivity index (χ2v) is 4.18.